The SMILES string of the molecule is [Hg+2].[S-]c1cc(-c2ccccc2)c(-c2ccccc2)c[n+]1Cc1ccco1.[S-]c1cc(-c2ccccc2)c(-c2ccccc2)c[n+]1Cc1ccco1. The molecule has 0 saturated heterocycles. The maximum absolute atomic E-state index is 5.64. The quantitative estimate of drug-likeness (QED) is 0.0866. The van der Waals surface area contributed by atoms with Gasteiger partial charge < -0.3 is 34.1 Å². The summed E-state index contributed by atoms with van der Waals surface area (Å²) in [4.78, 5) is 0. The molecule has 8 rings (SSSR count). The molecule has 0 saturated carbocycles. The van der Waals surface area contributed by atoms with E-state index in [1.165, 1.54) is 11.1 Å². The second-order valence-electron chi connectivity index (χ2n) is 11.8. The first-order valence-corrected chi connectivity index (χ1v) is 17.2. The van der Waals surface area contributed by atoms with Gasteiger partial charge in [0.25, 0.3) is 0 Å². The van der Waals surface area contributed by atoms with Gasteiger partial charge in [0.15, 0.2) is 23.9 Å². The van der Waals surface area contributed by atoms with Crippen LogP contribution in [0.5, 0.6) is 0 Å². The molecule has 4 nitrogen and oxygen atoms in total. The van der Waals surface area contributed by atoms with E-state index in [-0.39, 0.29) is 27.7 Å². The Hall–Kier alpha value is -4.88. The summed E-state index contributed by atoms with van der Waals surface area (Å²) in [6, 6.07) is 53.4. The van der Waals surface area contributed by atoms with Gasteiger partial charge in [0.2, 0.25) is 13.1 Å². The van der Waals surface area contributed by atoms with Crippen molar-refractivity contribution in [3.8, 4) is 44.5 Å². The Labute approximate surface area is 330 Å². The molecule has 4 aromatic heterocycles. The molecule has 0 unspecified atom stereocenters. The fourth-order valence-electron chi connectivity index (χ4n) is 5.94. The molecule has 0 fully saturated rings. The Kier molecular flexibility index (Phi) is 12.2. The summed E-state index contributed by atoms with van der Waals surface area (Å²) in [5.41, 5.74) is 9.28. The van der Waals surface area contributed by atoms with Crippen molar-refractivity contribution in [2.24, 2.45) is 0 Å². The van der Waals surface area contributed by atoms with E-state index in [9.17, 15) is 0 Å². The molecule has 0 N–H and O–H groups in total. The van der Waals surface area contributed by atoms with Crippen LogP contribution in [0.4, 0.5) is 0 Å². The number of aromatic nitrogens is 2. The summed E-state index contributed by atoms with van der Waals surface area (Å²) in [5, 5.41) is 1.57. The van der Waals surface area contributed by atoms with E-state index in [0.717, 1.165) is 55.0 Å². The third-order valence-electron chi connectivity index (χ3n) is 8.40. The van der Waals surface area contributed by atoms with Crippen LogP contribution in [-0.4, -0.2) is 0 Å². The van der Waals surface area contributed by atoms with E-state index >= 15 is 0 Å². The van der Waals surface area contributed by atoms with Gasteiger partial charge in [0.05, 0.1) is 33.7 Å². The number of hydrogen-bond acceptors (Lipinski definition) is 4. The molecule has 0 bridgehead atoms. The summed E-state index contributed by atoms with van der Waals surface area (Å²) >= 11 is 11.3. The Morgan fingerprint density at radius 1 is 0.392 bits per heavy atom. The van der Waals surface area contributed by atoms with Crippen molar-refractivity contribution >= 4 is 25.3 Å². The van der Waals surface area contributed by atoms with Crippen LogP contribution in [0.15, 0.2) is 202 Å². The van der Waals surface area contributed by atoms with Crippen molar-refractivity contribution in [3.05, 3.63) is 194 Å². The topological polar surface area (TPSA) is 34.0 Å². The van der Waals surface area contributed by atoms with E-state index in [2.05, 4.69) is 131 Å². The van der Waals surface area contributed by atoms with Crippen molar-refractivity contribution < 1.29 is 45.6 Å². The maximum atomic E-state index is 5.64. The Balaban J connectivity index is 0.000000172. The second-order valence-corrected chi connectivity index (χ2v) is 12.6. The minimum Gasteiger partial charge on any atom is -0.710 e. The van der Waals surface area contributed by atoms with Crippen molar-refractivity contribution in [3.63, 3.8) is 0 Å². The van der Waals surface area contributed by atoms with E-state index < -0.39 is 0 Å². The van der Waals surface area contributed by atoms with Gasteiger partial charge in [-0.25, -0.2) is 9.13 Å². The number of nitrogens with zero attached hydrogens (tertiary/aromatic N) is 2. The van der Waals surface area contributed by atoms with Gasteiger partial charge >= 0.3 is 27.7 Å². The predicted molar refractivity (Wildman–Crippen MR) is 202 cm³/mol. The summed E-state index contributed by atoms with van der Waals surface area (Å²) < 4.78 is 15.1. The third-order valence-corrected chi connectivity index (χ3v) is 9.11. The first kappa shape index (κ1) is 35.9. The summed E-state index contributed by atoms with van der Waals surface area (Å²) in [5.74, 6) is 1.78. The molecule has 0 radical (unpaired) electrons. The predicted octanol–water partition coefficient (Wildman–Crippen LogP) is 9.71. The zero-order chi connectivity index (χ0) is 34.1. The maximum Gasteiger partial charge on any atom is 2.00 e. The number of hydrogen-bond donors (Lipinski definition) is 0. The second kappa shape index (κ2) is 17.4. The summed E-state index contributed by atoms with van der Waals surface area (Å²) in [6.45, 7) is 1.25. The van der Waals surface area contributed by atoms with Crippen LogP contribution in [0.2, 0.25) is 0 Å². The first-order valence-electron chi connectivity index (χ1n) is 16.4. The largest absolute Gasteiger partial charge is 2.00 e. The summed E-state index contributed by atoms with van der Waals surface area (Å²) in [6.07, 6.45) is 7.63. The molecule has 8 aromatic rings. The molecule has 244 valence electrons. The van der Waals surface area contributed by atoms with E-state index in [1.807, 2.05) is 48.5 Å². The van der Waals surface area contributed by atoms with Crippen molar-refractivity contribution in [1.82, 2.24) is 0 Å². The first-order chi connectivity index (χ1) is 24.6. The molecule has 0 aliphatic rings. The van der Waals surface area contributed by atoms with Crippen LogP contribution in [0, 0.1) is 0 Å². The van der Waals surface area contributed by atoms with Gasteiger partial charge in [-0.3, -0.25) is 0 Å². The molecule has 7 heteroatoms. The number of furan rings is 2. The van der Waals surface area contributed by atoms with Gasteiger partial charge in [-0.05, 0) is 69.8 Å². The Morgan fingerprint density at radius 2 is 0.706 bits per heavy atom. The molecular formula is C44H34HgN2O2S2+2. The molecular weight excluding hydrogens is 853 g/mol. The number of benzene rings is 4. The van der Waals surface area contributed by atoms with Gasteiger partial charge in [-0.15, -0.1) is 0 Å². The molecule has 4 aromatic carbocycles. The minimum atomic E-state index is 0. The molecule has 0 spiro atoms. The van der Waals surface area contributed by atoms with Crippen LogP contribution < -0.4 is 9.13 Å². The van der Waals surface area contributed by atoms with Crippen molar-refractivity contribution in [2.45, 2.75) is 23.1 Å². The average molecular weight is 887 g/mol. The molecule has 0 atom stereocenters. The molecule has 0 aliphatic heterocycles. The molecule has 0 amide bonds. The Morgan fingerprint density at radius 3 is 1.00 bits per heavy atom. The molecule has 4 heterocycles. The third kappa shape index (κ3) is 8.89. The zero-order valence-electron chi connectivity index (χ0n) is 28.0. The monoisotopic (exact) mass is 888 g/mol. The number of pyridine rings is 2. The smallest absolute Gasteiger partial charge is 0.710 e. The van der Waals surface area contributed by atoms with Gasteiger partial charge in [-0.1, -0.05) is 121 Å². The number of rotatable bonds is 8. The van der Waals surface area contributed by atoms with Crippen molar-refractivity contribution in [2.75, 3.05) is 0 Å². The van der Waals surface area contributed by atoms with Crippen LogP contribution in [0.1, 0.15) is 11.5 Å². The van der Waals surface area contributed by atoms with E-state index in [1.54, 1.807) is 12.5 Å². The zero-order valence-corrected chi connectivity index (χ0v) is 35.1. The molecule has 51 heavy (non-hydrogen) atoms. The van der Waals surface area contributed by atoms with Crippen LogP contribution in [0.25, 0.3) is 44.5 Å². The fourth-order valence-corrected chi connectivity index (χ4v) is 6.41. The van der Waals surface area contributed by atoms with Gasteiger partial charge in [-0.2, -0.15) is 0 Å². The van der Waals surface area contributed by atoms with Gasteiger partial charge in [0, 0.05) is 0 Å². The van der Waals surface area contributed by atoms with Crippen molar-refractivity contribution in [1.29, 1.82) is 0 Å². The van der Waals surface area contributed by atoms with Crippen LogP contribution >= 0.6 is 0 Å². The van der Waals surface area contributed by atoms with Gasteiger partial charge in [0.1, 0.15) is 0 Å². The summed E-state index contributed by atoms with van der Waals surface area (Å²) in [7, 11) is 0. The van der Waals surface area contributed by atoms with Crippen LogP contribution in [-0.2, 0) is 66.0 Å². The minimum absolute atomic E-state index is 0. The fraction of sp³-hybridized carbons (Fsp3) is 0.0455. The standard InChI is InChI=1S/2C22H17NOS.Hg/c2*25-22-14-20(17-8-3-1-4-9-17)21(18-10-5-2-6-11-18)16-23(22)15-19-12-7-13-24-19;/h2*1-14,16H,15H2;/q;;+2. The Bertz CT molecular complexity index is 2100. The average Bonchev–Trinajstić information content (AvgIpc) is 3.90. The molecule has 0 aliphatic carbocycles. The van der Waals surface area contributed by atoms with E-state index in [0.29, 0.717) is 13.1 Å². The van der Waals surface area contributed by atoms with E-state index in [4.69, 9.17) is 34.1 Å². The van der Waals surface area contributed by atoms with Crippen LogP contribution in [0.3, 0.4) is 0 Å². The normalized spacial score (nSPS) is 10.5.